The van der Waals surface area contributed by atoms with Crippen LogP contribution in [0.4, 0.5) is 8.78 Å². The van der Waals surface area contributed by atoms with Crippen LogP contribution in [0.5, 0.6) is 0 Å². The Morgan fingerprint density at radius 3 is 2.32 bits per heavy atom. The number of halogens is 4. The molecule has 2 aromatic rings. The van der Waals surface area contributed by atoms with E-state index in [9.17, 15) is 8.78 Å². The minimum Gasteiger partial charge on any atom is -0.207 e. The summed E-state index contributed by atoms with van der Waals surface area (Å²) < 4.78 is 27.1. The molecule has 0 aromatic heterocycles. The second-order valence-electron chi connectivity index (χ2n) is 4.37. The molecular formula is C15H12Cl2F2. The summed E-state index contributed by atoms with van der Waals surface area (Å²) in [6, 6.07) is 9.09. The summed E-state index contributed by atoms with van der Waals surface area (Å²) >= 11 is 12.1. The van der Waals surface area contributed by atoms with E-state index in [1.807, 2.05) is 6.92 Å². The Hall–Kier alpha value is -1.12. The first-order valence-electron chi connectivity index (χ1n) is 5.82. The van der Waals surface area contributed by atoms with Crippen molar-refractivity contribution < 1.29 is 8.78 Å². The lowest BCUT2D eigenvalue weighted by Crippen LogP contribution is -2.03. The predicted octanol–water partition coefficient (Wildman–Crippen LogP) is 5.45. The quantitative estimate of drug-likeness (QED) is 0.661. The topological polar surface area (TPSA) is 0 Å². The molecule has 0 spiro atoms. The van der Waals surface area contributed by atoms with E-state index in [0.29, 0.717) is 5.02 Å². The Bertz CT molecular complexity index is 576. The van der Waals surface area contributed by atoms with E-state index >= 15 is 0 Å². The highest BCUT2D eigenvalue weighted by Gasteiger charge is 2.17. The maximum atomic E-state index is 13.6. The van der Waals surface area contributed by atoms with Gasteiger partial charge in [0.2, 0.25) is 0 Å². The van der Waals surface area contributed by atoms with Gasteiger partial charge < -0.3 is 0 Å². The molecule has 2 rings (SSSR count). The molecule has 0 bridgehead atoms. The number of hydrogen-bond acceptors (Lipinski definition) is 0. The second-order valence-corrected chi connectivity index (χ2v) is 5.34. The van der Waals surface area contributed by atoms with Gasteiger partial charge in [-0.15, -0.1) is 11.6 Å². The van der Waals surface area contributed by atoms with Crippen molar-refractivity contribution in [1.29, 1.82) is 0 Å². The lowest BCUT2D eigenvalue weighted by atomic mass is 9.99. The maximum absolute atomic E-state index is 13.6. The summed E-state index contributed by atoms with van der Waals surface area (Å²) in [5.41, 5.74) is 1.75. The van der Waals surface area contributed by atoms with Crippen LogP contribution in [0.15, 0.2) is 36.4 Å². The molecule has 0 nitrogen and oxygen atoms in total. The van der Waals surface area contributed by atoms with Gasteiger partial charge in [-0.1, -0.05) is 23.7 Å². The second kappa shape index (κ2) is 5.89. The molecule has 1 unspecified atom stereocenters. The van der Waals surface area contributed by atoms with Gasteiger partial charge in [-0.05, 0) is 48.7 Å². The van der Waals surface area contributed by atoms with Crippen molar-refractivity contribution >= 4 is 23.2 Å². The molecule has 0 radical (unpaired) electrons. The van der Waals surface area contributed by atoms with Crippen LogP contribution in [0.2, 0.25) is 5.02 Å². The Morgan fingerprint density at radius 2 is 1.74 bits per heavy atom. The Labute approximate surface area is 121 Å². The SMILES string of the molecule is Cc1cc(Cl)ccc1C(Cl)Cc1c(F)cccc1F. The molecular weight excluding hydrogens is 289 g/mol. The number of rotatable bonds is 3. The molecule has 0 aliphatic heterocycles. The minimum atomic E-state index is -0.572. The first-order chi connectivity index (χ1) is 8.99. The molecule has 0 aliphatic rings. The van der Waals surface area contributed by atoms with Crippen LogP contribution >= 0.6 is 23.2 Å². The number of benzene rings is 2. The maximum Gasteiger partial charge on any atom is 0.129 e. The fourth-order valence-electron chi connectivity index (χ4n) is 2.01. The third kappa shape index (κ3) is 3.26. The van der Waals surface area contributed by atoms with Crippen molar-refractivity contribution in [3.8, 4) is 0 Å². The molecule has 2 aromatic carbocycles. The van der Waals surface area contributed by atoms with Crippen LogP contribution in [0.25, 0.3) is 0 Å². The smallest absolute Gasteiger partial charge is 0.129 e. The fourth-order valence-corrected chi connectivity index (χ4v) is 2.63. The number of hydrogen-bond donors (Lipinski definition) is 0. The third-order valence-corrected chi connectivity index (χ3v) is 3.64. The molecule has 1 atom stereocenters. The van der Waals surface area contributed by atoms with E-state index in [2.05, 4.69) is 0 Å². The summed E-state index contributed by atoms with van der Waals surface area (Å²) in [5, 5.41) is 0.117. The highest BCUT2D eigenvalue weighted by molar-refractivity contribution is 6.30. The lowest BCUT2D eigenvalue weighted by molar-refractivity contribution is 0.553. The minimum absolute atomic E-state index is 0.0110. The molecule has 0 amide bonds. The van der Waals surface area contributed by atoms with Crippen LogP contribution in [0.3, 0.4) is 0 Å². The summed E-state index contributed by atoms with van der Waals surface area (Å²) in [4.78, 5) is 0. The summed E-state index contributed by atoms with van der Waals surface area (Å²) in [7, 11) is 0. The molecule has 0 aliphatic carbocycles. The van der Waals surface area contributed by atoms with Gasteiger partial charge in [-0.25, -0.2) is 8.78 Å². The van der Waals surface area contributed by atoms with Crippen molar-refractivity contribution in [2.45, 2.75) is 18.7 Å². The molecule has 4 heteroatoms. The van der Waals surface area contributed by atoms with E-state index < -0.39 is 17.0 Å². The molecule has 100 valence electrons. The van der Waals surface area contributed by atoms with Gasteiger partial charge in [0.15, 0.2) is 0 Å². The molecule has 0 heterocycles. The molecule has 19 heavy (non-hydrogen) atoms. The van der Waals surface area contributed by atoms with Crippen LogP contribution in [0, 0.1) is 18.6 Å². The largest absolute Gasteiger partial charge is 0.207 e. The monoisotopic (exact) mass is 300 g/mol. The summed E-state index contributed by atoms with van der Waals surface area (Å²) in [6.07, 6.45) is 0.0997. The average Bonchev–Trinajstić information content (AvgIpc) is 2.33. The van der Waals surface area contributed by atoms with Crippen LogP contribution < -0.4 is 0 Å². The molecule has 0 saturated carbocycles. The van der Waals surface area contributed by atoms with Crippen molar-refractivity contribution in [1.82, 2.24) is 0 Å². The zero-order valence-electron chi connectivity index (χ0n) is 10.3. The van der Waals surface area contributed by atoms with Crippen molar-refractivity contribution in [3.05, 3.63) is 69.7 Å². The fraction of sp³-hybridized carbons (Fsp3) is 0.200. The van der Waals surface area contributed by atoms with E-state index in [4.69, 9.17) is 23.2 Å². The van der Waals surface area contributed by atoms with Crippen molar-refractivity contribution in [2.24, 2.45) is 0 Å². The van der Waals surface area contributed by atoms with Gasteiger partial charge in [0, 0.05) is 10.6 Å². The normalized spacial score (nSPS) is 12.5. The van der Waals surface area contributed by atoms with Crippen LogP contribution in [-0.2, 0) is 6.42 Å². The Balaban J connectivity index is 2.28. The first-order valence-corrected chi connectivity index (χ1v) is 6.63. The van der Waals surface area contributed by atoms with E-state index in [1.54, 1.807) is 18.2 Å². The van der Waals surface area contributed by atoms with Crippen molar-refractivity contribution in [3.63, 3.8) is 0 Å². The average molecular weight is 301 g/mol. The van der Waals surface area contributed by atoms with E-state index in [0.717, 1.165) is 11.1 Å². The predicted molar refractivity (Wildman–Crippen MR) is 74.8 cm³/mol. The molecule has 0 N–H and O–H groups in total. The highest BCUT2D eigenvalue weighted by atomic mass is 35.5. The number of alkyl halides is 1. The van der Waals surface area contributed by atoms with E-state index in [1.165, 1.54) is 18.2 Å². The Kier molecular flexibility index (Phi) is 4.43. The van der Waals surface area contributed by atoms with E-state index in [-0.39, 0.29) is 12.0 Å². The zero-order valence-corrected chi connectivity index (χ0v) is 11.8. The molecule has 0 saturated heterocycles. The first kappa shape index (κ1) is 14.3. The standard InChI is InChI=1S/C15H12Cl2F2/c1-9-7-10(16)5-6-11(9)13(17)8-12-14(18)3-2-4-15(12)19/h2-7,13H,8H2,1H3. The summed E-state index contributed by atoms with van der Waals surface area (Å²) in [6.45, 7) is 1.87. The van der Waals surface area contributed by atoms with Gasteiger partial charge in [-0.2, -0.15) is 0 Å². The molecule has 0 fully saturated rings. The van der Waals surface area contributed by atoms with Gasteiger partial charge in [0.05, 0.1) is 5.38 Å². The zero-order chi connectivity index (χ0) is 14.0. The van der Waals surface area contributed by atoms with Crippen molar-refractivity contribution in [2.75, 3.05) is 0 Å². The van der Waals surface area contributed by atoms with Gasteiger partial charge in [0.25, 0.3) is 0 Å². The lowest BCUT2D eigenvalue weighted by Gasteiger charge is -2.14. The third-order valence-electron chi connectivity index (χ3n) is 3.01. The van der Waals surface area contributed by atoms with Gasteiger partial charge >= 0.3 is 0 Å². The highest BCUT2D eigenvalue weighted by Crippen LogP contribution is 2.30. The van der Waals surface area contributed by atoms with Gasteiger partial charge in [0.1, 0.15) is 11.6 Å². The summed E-state index contributed by atoms with van der Waals surface area (Å²) in [5.74, 6) is -1.14. The number of aryl methyl sites for hydroxylation is 1. The van der Waals surface area contributed by atoms with Crippen LogP contribution in [0.1, 0.15) is 22.1 Å². The van der Waals surface area contributed by atoms with Gasteiger partial charge in [-0.3, -0.25) is 0 Å². The Morgan fingerprint density at radius 1 is 1.11 bits per heavy atom. The van der Waals surface area contributed by atoms with Crippen LogP contribution in [-0.4, -0.2) is 0 Å².